The summed E-state index contributed by atoms with van der Waals surface area (Å²) in [7, 11) is 0. The van der Waals surface area contributed by atoms with Crippen LogP contribution >= 0.6 is 0 Å². The summed E-state index contributed by atoms with van der Waals surface area (Å²) in [5.74, 6) is 2.42. The van der Waals surface area contributed by atoms with Gasteiger partial charge in [0.1, 0.15) is 11.5 Å². The maximum Gasteiger partial charge on any atom is 0.227 e. The van der Waals surface area contributed by atoms with Crippen LogP contribution in [0.3, 0.4) is 0 Å². The zero-order chi connectivity index (χ0) is 18.9. The number of hydrazine groups is 1. The van der Waals surface area contributed by atoms with E-state index in [4.69, 9.17) is 4.42 Å². The first-order chi connectivity index (χ1) is 13.8. The second-order valence-electron chi connectivity index (χ2n) is 8.29. The summed E-state index contributed by atoms with van der Waals surface area (Å²) < 4.78 is 6.11. The summed E-state index contributed by atoms with van der Waals surface area (Å²) in [6.45, 7) is 4.23. The molecule has 2 bridgehead atoms. The van der Waals surface area contributed by atoms with Gasteiger partial charge in [-0.15, -0.1) is 0 Å². The smallest absolute Gasteiger partial charge is 0.227 e. The Balaban J connectivity index is 1.27. The number of hydrogen-bond donors (Lipinski definition) is 2. The number of amides is 1. The average molecular weight is 380 g/mol. The number of carbonyl (C=O) groups is 1. The van der Waals surface area contributed by atoms with Crippen molar-refractivity contribution in [2.45, 2.75) is 44.4 Å². The summed E-state index contributed by atoms with van der Waals surface area (Å²) in [5.41, 5.74) is 7.62. The Kier molecular flexibility index (Phi) is 4.93. The molecule has 1 aromatic heterocycles. The maximum absolute atomic E-state index is 13.0. The number of nitrogens with one attached hydrogen (secondary N) is 2. The zero-order valence-corrected chi connectivity index (χ0v) is 16.1. The van der Waals surface area contributed by atoms with E-state index in [0.717, 1.165) is 63.5 Å². The molecule has 4 aliphatic heterocycles. The average Bonchev–Trinajstić information content (AvgIpc) is 3.33. The molecule has 4 fully saturated rings. The molecule has 0 aliphatic carbocycles. The van der Waals surface area contributed by atoms with Crippen LogP contribution in [0.4, 0.5) is 0 Å². The molecule has 5 heterocycles. The molecule has 1 amide bonds. The molecule has 148 valence electrons. The van der Waals surface area contributed by atoms with Crippen molar-refractivity contribution in [3.63, 3.8) is 0 Å². The highest BCUT2D eigenvalue weighted by atomic mass is 16.3. The Morgan fingerprint density at radius 2 is 1.89 bits per heavy atom. The summed E-state index contributed by atoms with van der Waals surface area (Å²) in [6, 6.07) is 15.1. The lowest BCUT2D eigenvalue weighted by molar-refractivity contribution is -0.140. The molecule has 6 rings (SSSR count). The van der Waals surface area contributed by atoms with Crippen LogP contribution in [0.5, 0.6) is 0 Å². The van der Waals surface area contributed by atoms with E-state index >= 15 is 0 Å². The Hall–Kier alpha value is -2.15. The minimum atomic E-state index is 0.109. The molecule has 0 saturated carbocycles. The standard InChI is InChI=1S/C22H28N4O2/c27-22-17-6-7-18(26(22)12-16-4-2-1-3-5-16)14-25(13-17)15-19-8-9-21(28-19)20-10-11-23-24-20/h1-5,8-9,17-18,20,23-24H,6-7,10-15H2/t17-,18+,20?/m0/s1. The third kappa shape index (κ3) is 3.60. The molecule has 6 heteroatoms. The first kappa shape index (κ1) is 17.9. The number of furan rings is 1. The van der Waals surface area contributed by atoms with Gasteiger partial charge in [0.15, 0.2) is 0 Å². The number of nitrogens with zero attached hydrogens (tertiary/aromatic N) is 2. The number of benzene rings is 1. The van der Waals surface area contributed by atoms with Crippen molar-refractivity contribution >= 4 is 5.91 Å². The molecule has 0 radical (unpaired) electrons. The van der Waals surface area contributed by atoms with Crippen LogP contribution in [-0.2, 0) is 17.9 Å². The van der Waals surface area contributed by atoms with Gasteiger partial charge >= 0.3 is 0 Å². The van der Waals surface area contributed by atoms with Crippen molar-refractivity contribution in [1.29, 1.82) is 0 Å². The zero-order valence-electron chi connectivity index (χ0n) is 16.1. The molecule has 4 aliphatic rings. The van der Waals surface area contributed by atoms with Crippen LogP contribution in [-0.4, -0.2) is 41.4 Å². The van der Waals surface area contributed by atoms with Crippen LogP contribution in [0, 0.1) is 5.92 Å². The fourth-order valence-electron chi connectivity index (χ4n) is 4.83. The predicted octanol–water partition coefficient (Wildman–Crippen LogP) is 2.44. The van der Waals surface area contributed by atoms with E-state index in [9.17, 15) is 4.79 Å². The Labute approximate surface area is 165 Å². The van der Waals surface area contributed by atoms with Crippen molar-refractivity contribution in [3.05, 3.63) is 59.5 Å². The van der Waals surface area contributed by atoms with Crippen LogP contribution < -0.4 is 10.9 Å². The maximum atomic E-state index is 13.0. The second-order valence-corrected chi connectivity index (χ2v) is 8.29. The lowest BCUT2D eigenvalue weighted by Crippen LogP contribution is -2.47. The number of hydrogen-bond acceptors (Lipinski definition) is 5. The summed E-state index contributed by atoms with van der Waals surface area (Å²) in [6.07, 6.45) is 3.15. The van der Waals surface area contributed by atoms with E-state index in [1.54, 1.807) is 0 Å². The SMILES string of the molecule is O=C1[C@H]2CC[C@H](CN(Cc3ccc(C4CCNN4)o3)C2)N1Cc1ccccc1. The van der Waals surface area contributed by atoms with Gasteiger partial charge in [0.2, 0.25) is 5.91 Å². The van der Waals surface area contributed by atoms with Gasteiger partial charge in [-0.25, -0.2) is 5.43 Å². The molecule has 2 N–H and O–H groups in total. The van der Waals surface area contributed by atoms with Gasteiger partial charge < -0.3 is 9.32 Å². The lowest BCUT2D eigenvalue weighted by atomic mass is 9.93. The molecular formula is C22H28N4O2. The molecule has 1 unspecified atom stereocenters. The van der Waals surface area contributed by atoms with Crippen LogP contribution in [0.25, 0.3) is 0 Å². The van der Waals surface area contributed by atoms with Gasteiger partial charge in [-0.2, -0.15) is 0 Å². The molecule has 6 nitrogen and oxygen atoms in total. The van der Waals surface area contributed by atoms with Crippen LogP contribution in [0.1, 0.15) is 42.4 Å². The molecule has 28 heavy (non-hydrogen) atoms. The largest absolute Gasteiger partial charge is 0.463 e. The second kappa shape index (κ2) is 7.70. The number of piperidine rings is 1. The van der Waals surface area contributed by atoms with Gasteiger partial charge in [-0.05, 0) is 37.0 Å². The van der Waals surface area contributed by atoms with E-state index < -0.39 is 0 Å². The van der Waals surface area contributed by atoms with Gasteiger partial charge in [0.25, 0.3) is 0 Å². The topological polar surface area (TPSA) is 60.8 Å². The summed E-state index contributed by atoms with van der Waals surface area (Å²) in [5, 5.41) is 0. The normalized spacial score (nSPS) is 28.1. The first-order valence-electron chi connectivity index (χ1n) is 10.4. The number of fused-ring (bicyclic) bond motifs is 4. The highest BCUT2D eigenvalue weighted by Crippen LogP contribution is 2.31. The first-order valence-corrected chi connectivity index (χ1v) is 10.4. The van der Waals surface area contributed by atoms with E-state index in [0.29, 0.717) is 11.9 Å². The van der Waals surface area contributed by atoms with Gasteiger partial charge in [0, 0.05) is 32.2 Å². The van der Waals surface area contributed by atoms with Crippen molar-refractivity contribution in [2.75, 3.05) is 19.6 Å². The van der Waals surface area contributed by atoms with E-state index in [1.165, 1.54) is 5.56 Å². The highest BCUT2D eigenvalue weighted by molar-refractivity contribution is 5.80. The molecule has 0 spiro atoms. The van der Waals surface area contributed by atoms with Gasteiger partial charge in [0.05, 0.1) is 18.5 Å². The Morgan fingerprint density at radius 3 is 2.71 bits per heavy atom. The fourth-order valence-corrected chi connectivity index (χ4v) is 4.83. The van der Waals surface area contributed by atoms with E-state index in [1.807, 2.05) is 18.2 Å². The lowest BCUT2D eigenvalue weighted by Gasteiger charge is -2.36. The third-order valence-electron chi connectivity index (χ3n) is 6.30. The predicted molar refractivity (Wildman–Crippen MR) is 106 cm³/mol. The van der Waals surface area contributed by atoms with Crippen molar-refractivity contribution < 1.29 is 9.21 Å². The number of carbonyl (C=O) groups excluding carboxylic acids is 1. The summed E-state index contributed by atoms with van der Waals surface area (Å²) in [4.78, 5) is 17.6. The fraction of sp³-hybridized carbons (Fsp3) is 0.500. The molecular weight excluding hydrogens is 352 g/mol. The Morgan fingerprint density at radius 1 is 1.00 bits per heavy atom. The minimum absolute atomic E-state index is 0.109. The third-order valence-corrected chi connectivity index (χ3v) is 6.30. The molecule has 1 aromatic carbocycles. The molecule has 2 aromatic rings. The number of rotatable bonds is 5. The van der Waals surface area contributed by atoms with Gasteiger partial charge in [-0.1, -0.05) is 30.3 Å². The molecule has 4 saturated heterocycles. The molecule has 3 atom stereocenters. The van der Waals surface area contributed by atoms with Gasteiger partial charge in [-0.3, -0.25) is 15.1 Å². The monoisotopic (exact) mass is 380 g/mol. The summed E-state index contributed by atoms with van der Waals surface area (Å²) >= 11 is 0. The van der Waals surface area contributed by atoms with Crippen LogP contribution in [0.2, 0.25) is 0 Å². The quantitative estimate of drug-likeness (QED) is 0.834. The minimum Gasteiger partial charge on any atom is -0.463 e. The van der Waals surface area contributed by atoms with Crippen molar-refractivity contribution in [1.82, 2.24) is 20.7 Å². The van der Waals surface area contributed by atoms with Crippen molar-refractivity contribution in [2.24, 2.45) is 5.92 Å². The van der Waals surface area contributed by atoms with Crippen LogP contribution in [0.15, 0.2) is 46.9 Å². The van der Waals surface area contributed by atoms with E-state index in [2.05, 4.69) is 44.9 Å². The highest BCUT2D eigenvalue weighted by Gasteiger charge is 2.40. The Bertz CT molecular complexity index is 815. The van der Waals surface area contributed by atoms with Crippen molar-refractivity contribution in [3.8, 4) is 0 Å². The van der Waals surface area contributed by atoms with E-state index in [-0.39, 0.29) is 12.0 Å².